The maximum atomic E-state index is 12.3. The lowest BCUT2D eigenvalue weighted by molar-refractivity contribution is -0.122. The number of nitrogens with one attached hydrogen (secondary N) is 1. The Morgan fingerprint density at radius 2 is 2.10 bits per heavy atom. The van der Waals surface area contributed by atoms with Gasteiger partial charge in [-0.1, -0.05) is 30.7 Å². The molecule has 0 heterocycles. The maximum Gasteiger partial charge on any atom is 0.223 e. The number of aryl methyl sites for hydroxylation is 1. The zero-order valence-corrected chi connectivity index (χ0v) is 12.7. The summed E-state index contributed by atoms with van der Waals surface area (Å²) >= 11 is 0. The molecule has 1 amide bonds. The Balaban J connectivity index is 1.48. The minimum atomic E-state index is -0.165. The van der Waals surface area contributed by atoms with Crippen LogP contribution in [0.3, 0.4) is 0 Å². The predicted molar refractivity (Wildman–Crippen MR) is 83.0 cm³/mol. The molecule has 2 aliphatic rings. The maximum absolute atomic E-state index is 12.3. The van der Waals surface area contributed by atoms with Crippen LogP contribution in [0.15, 0.2) is 24.3 Å². The number of benzene rings is 1. The largest absolute Gasteiger partial charge is 0.393 e. The summed E-state index contributed by atoms with van der Waals surface area (Å²) in [6.45, 7) is 2.85. The topological polar surface area (TPSA) is 49.3 Å². The number of aliphatic hydroxyl groups is 1. The zero-order chi connectivity index (χ0) is 14.8. The third-order valence-corrected chi connectivity index (χ3v) is 5.04. The fourth-order valence-electron chi connectivity index (χ4n) is 3.66. The SMILES string of the molecule is Cc1ccccc1C1CC1C(=O)NCC1CCCC(O)C1. The highest BCUT2D eigenvalue weighted by atomic mass is 16.3. The summed E-state index contributed by atoms with van der Waals surface area (Å²) in [7, 11) is 0. The first-order valence-corrected chi connectivity index (χ1v) is 8.16. The lowest BCUT2D eigenvalue weighted by atomic mass is 9.87. The highest BCUT2D eigenvalue weighted by Crippen LogP contribution is 2.48. The molecule has 1 aromatic carbocycles. The molecule has 4 unspecified atom stereocenters. The van der Waals surface area contributed by atoms with E-state index in [2.05, 4.69) is 30.4 Å². The fourth-order valence-corrected chi connectivity index (χ4v) is 3.66. The Bertz CT molecular complexity index is 514. The molecule has 0 aliphatic heterocycles. The van der Waals surface area contributed by atoms with Gasteiger partial charge in [-0.3, -0.25) is 4.79 Å². The lowest BCUT2D eigenvalue weighted by Crippen LogP contribution is -2.34. The van der Waals surface area contributed by atoms with Crippen molar-refractivity contribution in [2.45, 2.75) is 51.0 Å². The Morgan fingerprint density at radius 1 is 1.29 bits per heavy atom. The molecule has 2 aliphatic carbocycles. The van der Waals surface area contributed by atoms with Gasteiger partial charge < -0.3 is 10.4 Å². The molecule has 3 nitrogen and oxygen atoms in total. The lowest BCUT2D eigenvalue weighted by Gasteiger charge is -2.25. The fraction of sp³-hybridized carbons (Fsp3) is 0.611. The molecule has 3 rings (SSSR count). The van der Waals surface area contributed by atoms with Crippen LogP contribution in [0, 0.1) is 18.8 Å². The van der Waals surface area contributed by atoms with E-state index in [-0.39, 0.29) is 17.9 Å². The molecule has 0 aromatic heterocycles. The Kier molecular flexibility index (Phi) is 4.29. The standard InChI is InChI=1S/C18H25NO2/c1-12-5-2-3-8-15(12)16-10-17(16)18(21)19-11-13-6-4-7-14(20)9-13/h2-3,5,8,13-14,16-17,20H,4,6-7,9-11H2,1H3,(H,19,21). The van der Waals surface area contributed by atoms with Gasteiger partial charge in [-0.05, 0) is 55.6 Å². The van der Waals surface area contributed by atoms with E-state index in [4.69, 9.17) is 0 Å². The number of carbonyl (C=O) groups is 1. The van der Waals surface area contributed by atoms with E-state index in [9.17, 15) is 9.90 Å². The number of hydrogen-bond acceptors (Lipinski definition) is 2. The van der Waals surface area contributed by atoms with Crippen molar-refractivity contribution in [2.24, 2.45) is 11.8 Å². The number of aliphatic hydroxyl groups excluding tert-OH is 1. The van der Waals surface area contributed by atoms with Crippen LogP contribution in [0.5, 0.6) is 0 Å². The Hall–Kier alpha value is -1.35. The van der Waals surface area contributed by atoms with Crippen LogP contribution in [-0.2, 0) is 4.79 Å². The molecule has 2 N–H and O–H groups in total. The van der Waals surface area contributed by atoms with E-state index < -0.39 is 0 Å². The Morgan fingerprint density at radius 3 is 2.86 bits per heavy atom. The molecule has 3 heteroatoms. The van der Waals surface area contributed by atoms with Gasteiger partial charge >= 0.3 is 0 Å². The van der Waals surface area contributed by atoms with E-state index in [1.54, 1.807) is 0 Å². The molecule has 2 fully saturated rings. The average molecular weight is 287 g/mol. The summed E-state index contributed by atoms with van der Waals surface area (Å²) in [4.78, 5) is 12.3. The zero-order valence-electron chi connectivity index (χ0n) is 12.7. The van der Waals surface area contributed by atoms with Crippen molar-refractivity contribution in [3.63, 3.8) is 0 Å². The van der Waals surface area contributed by atoms with Gasteiger partial charge in [-0.25, -0.2) is 0 Å². The van der Waals surface area contributed by atoms with Gasteiger partial charge in [0.2, 0.25) is 5.91 Å². The minimum Gasteiger partial charge on any atom is -0.393 e. The van der Waals surface area contributed by atoms with Crippen molar-refractivity contribution in [3.05, 3.63) is 35.4 Å². The van der Waals surface area contributed by atoms with Crippen molar-refractivity contribution < 1.29 is 9.90 Å². The average Bonchev–Trinajstić information content (AvgIpc) is 3.26. The summed E-state index contributed by atoms with van der Waals surface area (Å²) in [5.41, 5.74) is 2.61. The quantitative estimate of drug-likeness (QED) is 0.894. The summed E-state index contributed by atoms with van der Waals surface area (Å²) in [6.07, 6.45) is 4.78. The van der Waals surface area contributed by atoms with Crippen molar-refractivity contribution >= 4 is 5.91 Å². The molecule has 2 saturated carbocycles. The molecule has 114 valence electrons. The number of hydrogen-bond donors (Lipinski definition) is 2. The van der Waals surface area contributed by atoms with Crippen LogP contribution in [0.2, 0.25) is 0 Å². The minimum absolute atomic E-state index is 0.152. The summed E-state index contributed by atoms with van der Waals surface area (Å²) in [5.74, 6) is 1.21. The highest BCUT2D eigenvalue weighted by Gasteiger charge is 2.44. The van der Waals surface area contributed by atoms with Crippen molar-refractivity contribution in [1.29, 1.82) is 0 Å². The smallest absolute Gasteiger partial charge is 0.223 e. The summed E-state index contributed by atoms with van der Waals surface area (Å²) < 4.78 is 0. The van der Waals surface area contributed by atoms with Gasteiger partial charge in [0.1, 0.15) is 0 Å². The first-order chi connectivity index (χ1) is 10.1. The molecule has 4 atom stereocenters. The first kappa shape index (κ1) is 14.6. The molecular formula is C18H25NO2. The van der Waals surface area contributed by atoms with E-state index in [1.807, 2.05) is 6.07 Å². The van der Waals surface area contributed by atoms with E-state index >= 15 is 0 Å². The normalized spacial score (nSPS) is 31.7. The van der Waals surface area contributed by atoms with E-state index in [1.165, 1.54) is 11.1 Å². The van der Waals surface area contributed by atoms with E-state index in [0.717, 1.165) is 38.6 Å². The van der Waals surface area contributed by atoms with Gasteiger partial charge in [0.25, 0.3) is 0 Å². The predicted octanol–water partition coefficient (Wildman–Crippen LogP) is 2.77. The van der Waals surface area contributed by atoms with Crippen LogP contribution in [0.25, 0.3) is 0 Å². The van der Waals surface area contributed by atoms with Crippen LogP contribution in [0.4, 0.5) is 0 Å². The monoisotopic (exact) mass is 287 g/mol. The van der Waals surface area contributed by atoms with Crippen LogP contribution in [0.1, 0.15) is 49.1 Å². The van der Waals surface area contributed by atoms with Crippen molar-refractivity contribution in [2.75, 3.05) is 6.54 Å². The molecule has 0 saturated heterocycles. The Labute approximate surface area is 126 Å². The van der Waals surface area contributed by atoms with Crippen molar-refractivity contribution in [1.82, 2.24) is 5.32 Å². The van der Waals surface area contributed by atoms with Gasteiger partial charge in [0, 0.05) is 12.5 Å². The van der Waals surface area contributed by atoms with Gasteiger partial charge in [-0.15, -0.1) is 0 Å². The highest BCUT2D eigenvalue weighted by molar-refractivity contribution is 5.83. The summed E-state index contributed by atoms with van der Waals surface area (Å²) in [5, 5.41) is 12.8. The van der Waals surface area contributed by atoms with Crippen LogP contribution >= 0.6 is 0 Å². The second-order valence-corrected chi connectivity index (χ2v) is 6.74. The van der Waals surface area contributed by atoms with Gasteiger partial charge in [-0.2, -0.15) is 0 Å². The first-order valence-electron chi connectivity index (χ1n) is 8.16. The second kappa shape index (κ2) is 6.18. The summed E-state index contributed by atoms with van der Waals surface area (Å²) in [6, 6.07) is 8.36. The molecule has 1 aromatic rings. The molecular weight excluding hydrogens is 262 g/mol. The van der Waals surface area contributed by atoms with Crippen LogP contribution in [-0.4, -0.2) is 23.7 Å². The molecule has 0 radical (unpaired) electrons. The third-order valence-electron chi connectivity index (χ3n) is 5.04. The van der Waals surface area contributed by atoms with Gasteiger partial charge in [0.15, 0.2) is 0 Å². The van der Waals surface area contributed by atoms with E-state index in [0.29, 0.717) is 11.8 Å². The third kappa shape index (κ3) is 3.46. The molecule has 21 heavy (non-hydrogen) atoms. The molecule has 0 bridgehead atoms. The number of carbonyl (C=O) groups excluding carboxylic acids is 1. The van der Waals surface area contributed by atoms with Crippen LogP contribution < -0.4 is 5.32 Å². The second-order valence-electron chi connectivity index (χ2n) is 6.74. The number of rotatable bonds is 4. The van der Waals surface area contributed by atoms with Crippen molar-refractivity contribution in [3.8, 4) is 0 Å². The molecule has 0 spiro atoms. The number of amides is 1. The van der Waals surface area contributed by atoms with Gasteiger partial charge in [0.05, 0.1) is 6.10 Å².